The standard InChI is InChI=1S/C15H13ClO/c1-15(2)6-5-13(16)12-7-9-3-4-10(17)8-11(9)14(12)15/h3-8,17H,1-2H3. The van der Waals surface area contributed by atoms with Crippen LogP contribution in [0.3, 0.4) is 0 Å². The molecular weight excluding hydrogens is 232 g/mol. The Morgan fingerprint density at radius 1 is 1.24 bits per heavy atom. The Bertz CT molecular complexity index is 690. The maximum Gasteiger partial charge on any atom is 0.116 e. The second kappa shape index (κ2) is 3.27. The normalized spacial score (nSPS) is 20.1. The zero-order valence-corrected chi connectivity index (χ0v) is 10.5. The van der Waals surface area contributed by atoms with Crippen LogP contribution in [0, 0.1) is 5.41 Å². The van der Waals surface area contributed by atoms with Gasteiger partial charge in [-0.05, 0) is 45.9 Å². The first-order chi connectivity index (χ1) is 7.99. The van der Waals surface area contributed by atoms with Crippen molar-refractivity contribution in [1.82, 2.24) is 0 Å². The Kier molecular flexibility index (Phi) is 2.05. The smallest absolute Gasteiger partial charge is 0.116 e. The van der Waals surface area contributed by atoms with Crippen molar-refractivity contribution in [3.8, 4) is 5.75 Å². The lowest BCUT2D eigenvalue weighted by molar-refractivity contribution is 0.474. The fourth-order valence-corrected chi connectivity index (χ4v) is 2.81. The summed E-state index contributed by atoms with van der Waals surface area (Å²) in [5.41, 5.74) is 2.24. The fraction of sp³-hybridized carbons (Fsp3) is 0.200. The van der Waals surface area contributed by atoms with E-state index in [1.165, 1.54) is 5.57 Å². The van der Waals surface area contributed by atoms with Crippen LogP contribution in [0.4, 0.5) is 0 Å². The summed E-state index contributed by atoms with van der Waals surface area (Å²) in [6.45, 7) is 4.32. The van der Waals surface area contributed by atoms with Gasteiger partial charge in [0.05, 0.1) is 0 Å². The highest BCUT2D eigenvalue weighted by atomic mass is 35.5. The summed E-state index contributed by atoms with van der Waals surface area (Å²) >= 11 is 6.25. The minimum Gasteiger partial charge on any atom is -0.508 e. The summed E-state index contributed by atoms with van der Waals surface area (Å²) in [5.74, 6) is 0.298. The van der Waals surface area contributed by atoms with Gasteiger partial charge in [-0.1, -0.05) is 37.6 Å². The molecule has 1 aromatic rings. The molecule has 1 nitrogen and oxygen atoms in total. The maximum atomic E-state index is 9.63. The van der Waals surface area contributed by atoms with Gasteiger partial charge in [-0.2, -0.15) is 0 Å². The van der Waals surface area contributed by atoms with Crippen LogP contribution in [0.25, 0.3) is 11.6 Å². The van der Waals surface area contributed by atoms with E-state index in [0.29, 0.717) is 5.75 Å². The van der Waals surface area contributed by atoms with Crippen molar-refractivity contribution in [2.24, 2.45) is 5.41 Å². The van der Waals surface area contributed by atoms with E-state index in [1.807, 2.05) is 18.2 Å². The summed E-state index contributed by atoms with van der Waals surface area (Å²) in [4.78, 5) is 0. The number of benzene rings is 1. The Hall–Kier alpha value is -1.47. The molecule has 0 saturated heterocycles. The Morgan fingerprint density at radius 2 is 2.00 bits per heavy atom. The zero-order chi connectivity index (χ0) is 12.2. The van der Waals surface area contributed by atoms with Gasteiger partial charge in [-0.3, -0.25) is 0 Å². The molecule has 17 heavy (non-hydrogen) atoms. The number of hydrogen-bond donors (Lipinski definition) is 1. The van der Waals surface area contributed by atoms with Crippen LogP contribution in [0.15, 0.2) is 41.0 Å². The Labute approximate surface area is 105 Å². The molecule has 0 saturated carbocycles. The summed E-state index contributed by atoms with van der Waals surface area (Å²) in [6, 6.07) is 5.46. The van der Waals surface area contributed by atoms with Crippen molar-refractivity contribution in [3.05, 3.63) is 51.4 Å². The highest BCUT2D eigenvalue weighted by Gasteiger charge is 2.30. The number of phenols is 1. The van der Waals surface area contributed by atoms with Crippen molar-refractivity contribution in [3.63, 3.8) is 0 Å². The molecule has 0 unspecified atom stereocenters. The van der Waals surface area contributed by atoms with Gasteiger partial charge in [0.15, 0.2) is 0 Å². The Balaban J connectivity index is 2.49. The topological polar surface area (TPSA) is 20.2 Å². The first-order valence-corrected chi connectivity index (χ1v) is 6.02. The molecule has 0 radical (unpaired) electrons. The largest absolute Gasteiger partial charge is 0.508 e. The van der Waals surface area contributed by atoms with Gasteiger partial charge in [-0.25, -0.2) is 0 Å². The summed E-state index contributed by atoms with van der Waals surface area (Å²) in [6.07, 6.45) is 6.17. The lowest BCUT2D eigenvalue weighted by atomic mass is 9.77. The second-order valence-corrected chi connectivity index (χ2v) is 5.51. The molecule has 0 heterocycles. The average molecular weight is 245 g/mol. The van der Waals surface area contributed by atoms with Crippen molar-refractivity contribution in [2.75, 3.05) is 0 Å². The van der Waals surface area contributed by atoms with Gasteiger partial charge in [0.1, 0.15) is 5.75 Å². The van der Waals surface area contributed by atoms with Crippen LogP contribution in [0.2, 0.25) is 0 Å². The van der Waals surface area contributed by atoms with E-state index in [9.17, 15) is 5.11 Å². The molecule has 0 amide bonds. The molecule has 2 heteroatoms. The molecule has 0 fully saturated rings. The lowest BCUT2D eigenvalue weighted by Crippen LogP contribution is -2.27. The monoisotopic (exact) mass is 244 g/mol. The number of fused-ring (bicyclic) bond motifs is 2. The van der Waals surface area contributed by atoms with Gasteiger partial charge < -0.3 is 5.11 Å². The number of hydrogen-bond acceptors (Lipinski definition) is 1. The van der Waals surface area contributed by atoms with Gasteiger partial charge in [0.25, 0.3) is 0 Å². The maximum absolute atomic E-state index is 9.63. The predicted octanol–water partition coefficient (Wildman–Crippen LogP) is 2.43. The third-order valence-electron chi connectivity index (χ3n) is 3.42. The summed E-state index contributed by atoms with van der Waals surface area (Å²) in [7, 11) is 0. The van der Waals surface area contributed by atoms with Crippen molar-refractivity contribution < 1.29 is 5.11 Å². The van der Waals surface area contributed by atoms with Crippen molar-refractivity contribution in [1.29, 1.82) is 0 Å². The van der Waals surface area contributed by atoms with E-state index in [-0.39, 0.29) is 5.41 Å². The van der Waals surface area contributed by atoms with E-state index in [2.05, 4.69) is 26.0 Å². The zero-order valence-electron chi connectivity index (χ0n) is 9.79. The van der Waals surface area contributed by atoms with E-state index in [4.69, 9.17) is 11.6 Å². The first-order valence-electron chi connectivity index (χ1n) is 5.64. The van der Waals surface area contributed by atoms with Gasteiger partial charge in [0.2, 0.25) is 0 Å². The second-order valence-electron chi connectivity index (χ2n) is 5.11. The van der Waals surface area contributed by atoms with Crippen LogP contribution >= 0.6 is 11.6 Å². The predicted molar refractivity (Wildman–Crippen MR) is 71.0 cm³/mol. The molecule has 1 N–H and O–H groups in total. The highest BCUT2D eigenvalue weighted by Crippen LogP contribution is 2.42. The van der Waals surface area contributed by atoms with E-state index in [1.54, 1.807) is 6.07 Å². The van der Waals surface area contributed by atoms with Gasteiger partial charge >= 0.3 is 0 Å². The molecule has 86 valence electrons. The molecule has 1 aromatic carbocycles. The minimum atomic E-state index is -0.0523. The van der Waals surface area contributed by atoms with Crippen molar-refractivity contribution in [2.45, 2.75) is 13.8 Å². The van der Waals surface area contributed by atoms with E-state index in [0.717, 1.165) is 21.0 Å². The molecule has 0 spiro atoms. The highest BCUT2D eigenvalue weighted by molar-refractivity contribution is 6.33. The lowest BCUT2D eigenvalue weighted by Gasteiger charge is -2.27. The molecule has 0 bridgehead atoms. The molecule has 3 rings (SSSR count). The Morgan fingerprint density at radius 3 is 2.76 bits per heavy atom. The third-order valence-corrected chi connectivity index (χ3v) is 3.75. The molecule has 0 aromatic heterocycles. The summed E-state index contributed by atoms with van der Waals surface area (Å²) < 4.78 is 0. The number of aromatic hydroxyl groups is 1. The van der Waals surface area contributed by atoms with E-state index < -0.39 is 0 Å². The van der Waals surface area contributed by atoms with Gasteiger partial charge in [0, 0.05) is 10.4 Å². The number of allylic oxidation sites excluding steroid dienone is 4. The van der Waals surface area contributed by atoms with Gasteiger partial charge in [-0.15, -0.1) is 0 Å². The summed E-state index contributed by atoms with van der Waals surface area (Å²) in [5, 5.41) is 12.6. The number of phenolic OH excluding ortho intramolecular Hbond substituents is 1. The van der Waals surface area contributed by atoms with E-state index >= 15 is 0 Å². The molecule has 2 aliphatic rings. The van der Waals surface area contributed by atoms with Crippen LogP contribution < -0.4 is 10.4 Å². The third kappa shape index (κ3) is 1.46. The van der Waals surface area contributed by atoms with Crippen LogP contribution in [0.1, 0.15) is 13.8 Å². The first kappa shape index (κ1) is 10.7. The van der Waals surface area contributed by atoms with Crippen LogP contribution in [-0.4, -0.2) is 5.11 Å². The molecule has 2 aliphatic carbocycles. The fourth-order valence-electron chi connectivity index (χ4n) is 2.60. The minimum absolute atomic E-state index is 0.0523. The SMILES string of the molecule is CC1(C)C=CC(Cl)=C2C=c3ccc(O)cc3=C21. The van der Waals surface area contributed by atoms with Crippen LogP contribution in [0.5, 0.6) is 5.75 Å². The number of rotatable bonds is 0. The average Bonchev–Trinajstić information content (AvgIpc) is 2.64. The van der Waals surface area contributed by atoms with Crippen LogP contribution in [-0.2, 0) is 0 Å². The molecule has 0 aliphatic heterocycles. The van der Waals surface area contributed by atoms with Crippen molar-refractivity contribution >= 4 is 23.3 Å². The molecular formula is C15H13ClO. The molecule has 0 atom stereocenters. The number of halogens is 1. The quantitative estimate of drug-likeness (QED) is 0.743.